The highest BCUT2D eigenvalue weighted by molar-refractivity contribution is 5.04. The van der Waals surface area contributed by atoms with Crippen molar-refractivity contribution in [3.63, 3.8) is 0 Å². The normalized spacial score (nSPS) is 46.1. The SMILES string of the molecule is NCCNC[C@H]1O[C@@H]2O[C@H]3[C@H](O)[C@@H](O)[C@@H](O[C@H]4[C@H](O)[C@@H](O)[C@@H](O[C@H]5[C@H](O)[C@@H](O)[C@@H](O[C@H]6[C@H](O)[C@@H](O)[C@@H](O[C@H]7[C@H](O)[C@@H](O)[C@@H](O[C@H]8[C@H](O)[C@@H](O)[C@@H](O[C@H]9[C@H](O)[C@@H](O)[C@@H](O[C@H]1[C@H](O)[C@H]2O)O[C@@H]9CNCCN)O[C@@H]8CNCCN)O[C@@H]7CNCCN)O[C@@H]6CNCCN)O[C@@H]5CNCCN)O[C@@H]4CNCCN)O[C@@H]3CNCCN. The highest BCUT2D eigenvalue weighted by atomic mass is 16.8. The van der Waals surface area contributed by atoms with E-state index in [9.17, 15) is 81.7 Å². The summed E-state index contributed by atoms with van der Waals surface area (Å²) in [6.07, 6.45) is -72.8. The van der Waals surface area contributed by atoms with Crippen LogP contribution in [-0.2, 0) is 75.8 Å². The largest absolute Gasteiger partial charge is 0.387 e. The maximum atomic E-state index is 12.2. The van der Waals surface area contributed by atoms with Gasteiger partial charge in [0.05, 0.1) is 0 Å². The molecule has 656 valence electrons. The van der Waals surface area contributed by atoms with Gasteiger partial charge in [-0.15, -0.1) is 0 Å². The summed E-state index contributed by atoms with van der Waals surface area (Å²) in [6, 6.07) is 0. The molecule has 0 radical (unpaired) electrons. The molecule has 0 aromatic rings. The van der Waals surface area contributed by atoms with Gasteiger partial charge in [0.25, 0.3) is 0 Å². The second-order valence-corrected chi connectivity index (χ2v) is 28.9. The Balaban J connectivity index is 1.07. The topological polar surface area (TPSA) is 776 Å². The molecule has 0 saturated carbocycles. The number of hydrogen-bond acceptors (Lipinski definition) is 48. The van der Waals surface area contributed by atoms with Crippen molar-refractivity contribution in [2.75, 3.05) is 157 Å². The third-order valence-corrected chi connectivity index (χ3v) is 20.8. The first-order chi connectivity index (χ1) is 53.9. The summed E-state index contributed by atoms with van der Waals surface area (Å²) in [6.45, 7) is 0.201. The lowest BCUT2D eigenvalue weighted by molar-refractivity contribution is -0.399. The fourth-order valence-corrected chi connectivity index (χ4v) is 14.8. The molecule has 30 fully saturated rings. The first-order valence-corrected chi connectivity index (χ1v) is 38.5. The zero-order chi connectivity index (χ0) is 81.0. The monoisotopic (exact) mass is 1630 g/mol. The zero-order valence-corrected chi connectivity index (χ0v) is 62.4. The summed E-state index contributed by atoms with van der Waals surface area (Å²) in [7, 11) is 0. The standard InChI is InChI=1S/C64H128N16O32/c65-1-9-73-17-25-49-33(81)41(89)57(97-25)106-50-26(18-74-10-2-66)99-59(43(91)35(50)83)108-52-28(20-76-12-4-68)101-61(45(93)37(52)85)110-54-30(22-78-14-6-70)103-63(47(95)39(54)87)112-56-32(24-80-16-8-72)104-64(48(96)40(56)88)111-55-31(23-79-15-7-71)102-62(46(94)38(55)86)109-53-29(21-77-13-5-69)100-60(44(92)36(53)84)107-51-27(19-75-11-3-67)98-58(105-49)42(90)34(51)82/h25-64,73-96H,1-24,65-72H2/t25-,26-,27-,28-,29-,30-,31-,32-,33-,34-,35-,36-,37-,38-,39-,40-,41-,42-,43-,44-,45-,46-,47-,48-,49-,50-,51-,52-,53-,54-,55-,56-,57-,58-,59-,60-,61-,62-,63-,64-/m1/s1. The molecule has 40 atom stereocenters. The molecule has 0 unspecified atom stereocenters. The van der Waals surface area contributed by atoms with Crippen LogP contribution in [0.15, 0.2) is 0 Å². The molecule has 0 aliphatic carbocycles. The van der Waals surface area contributed by atoms with Crippen LogP contribution in [0.25, 0.3) is 0 Å². The number of ether oxygens (including phenoxy) is 16. The molecule has 30 rings (SSSR count). The van der Waals surface area contributed by atoms with Crippen LogP contribution in [0.4, 0.5) is 0 Å². The van der Waals surface area contributed by atoms with Gasteiger partial charge in [0.15, 0.2) is 50.3 Å². The van der Waals surface area contributed by atoms with E-state index in [0.29, 0.717) is 0 Å². The van der Waals surface area contributed by atoms with Crippen molar-refractivity contribution in [3.05, 3.63) is 0 Å². The zero-order valence-electron chi connectivity index (χ0n) is 62.4. The lowest BCUT2D eigenvalue weighted by Gasteiger charge is -2.51. The van der Waals surface area contributed by atoms with E-state index in [-0.39, 0.29) is 157 Å². The Bertz CT molecular complexity index is 2130. The Morgan fingerprint density at radius 2 is 0.250 bits per heavy atom. The first kappa shape index (κ1) is 93.9. The molecule has 0 spiro atoms. The number of hydrogen-bond donors (Lipinski definition) is 32. The number of nitrogens with one attached hydrogen (secondary N) is 8. The lowest BCUT2D eigenvalue weighted by Crippen LogP contribution is -2.70. The third kappa shape index (κ3) is 23.4. The minimum Gasteiger partial charge on any atom is -0.387 e. The third-order valence-electron chi connectivity index (χ3n) is 20.8. The highest BCUT2D eigenvalue weighted by Crippen LogP contribution is 2.40. The van der Waals surface area contributed by atoms with Crippen molar-refractivity contribution in [2.24, 2.45) is 45.9 Å². The molecule has 0 aromatic heterocycles. The molecule has 16 bridgehead atoms. The number of rotatable bonds is 32. The van der Waals surface area contributed by atoms with Gasteiger partial charge in [-0.1, -0.05) is 0 Å². The Morgan fingerprint density at radius 3 is 0.339 bits per heavy atom. The van der Waals surface area contributed by atoms with Crippen molar-refractivity contribution in [3.8, 4) is 0 Å². The fourth-order valence-electron chi connectivity index (χ4n) is 14.8. The maximum absolute atomic E-state index is 12.2. The maximum Gasteiger partial charge on any atom is 0.187 e. The van der Waals surface area contributed by atoms with Gasteiger partial charge in [0.1, 0.15) is 195 Å². The molecular weight excluding hydrogens is 1500 g/mol. The van der Waals surface area contributed by atoms with Gasteiger partial charge in [-0.05, 0) is 0 Å². The van der Waals surface area contributed by atoms with Gasteiger partial charge in [-0.25, -0.2) is 0 Å². The summed E-state index contributed by atoms with van der Waals surface area (Å²) < 4.78 is 101. The second kappa shape index (κ2) is 46.2. The Morgan fingerprint density at radius 1 is 0.152 bits per heavy atom. The molecular formula is C64H128N16O32. The molecule has 48 heteroatoms. The molecule has 40 N–H and O–H groups in total. The van der Waals surface area contributed by atoms with Crippen LogP contribution in [0, 0.1) is 0 Å². The molecule has 0 amide bonds. The summed E-state index contributed by atoms with van der Waals surface area (Å²) >= 11 is 0. The highest BCUT2D eigenvalue weighted by Gasteiger charge is 2.61. The number of aliphatic hydroxyl groups is 16. The minimum atomic E-state index is -2.10. The van der Waals surface area contributed by atoms with Crippen molar-refractivity contribution >= 4 is 0 Å². The quantitative estimate of drug-likeness (QED) is 0.0278. The fraction of sp³-hybridized carbons (Fsp3) is 1.00. The van der Waals surface area contributed by atoms with Gasteiger partial charge in [0.2, 0.25) is 0 Å². The van der Waals surface area contributed by atoms with E-state index >= 15 is 0 Å². The van der Waals surface area contributed by atoms with Crippen molar-refractivity contribution < 1.29 is 157 Å². The molecule has 30 aliphatic heterocycles. The van der Waals surface area contributed by atoms with E-state index < -0.39 is 246 Å². The first-order valence-electron chi connectivity index (χ1n) is 38.5. The Labute approximate surface area is 646 Å². The van der Waals surface area contributed by atoms with Crippen LogP contribution in [0.5, 0.6) is 0 Å². The minimum absolute atomic E-state index is 0.0941. The molecule has 112 heavy (non-hydrogen) atoms. The van der Waals surface area contributed by atoms with Gasteiger partial charge in [-0.3, -0.25) is 0 Å². The average Bonchev–Trinajstić information content (AvgIpc) is 0.771. The summed E-state index contributed by atoms with van der Waals surface area (Å²) in [4.78, 5) is 0. The Kier molecular flexibility index (Phi) is 38.7. The van der Waals surface area contributed by atoms with Crippen LogP contribution in [0.2, 0.25) is 0 Å². The van der Waals surface area contributed by atoms with Crippen molar-refractivity contribution in [1.82, 2.24) is 42.5 Å². The smallest absolute Gasteiger partial charge is 0.187 e. The summed E-state index contributed by atoms with van der Waals surface area (Å²) in [5.74, 6) is 0. The van der Waals surface area contributed by atoms with Crippen LogP contribution in [-0.4, -0.2) is 484 Å². The second-order valence-electron chi connectivity index (χ2n) is 28.9. The van der Waals surface area contributed by atoms with Crippen molar-refractivity contribution in [2.45, 2.75) is 246 Å². The van der Waals surface area contributed by atoms with E-state index in [1.165, 1.54) is 0 Å². The Hall–Kier alpha value is -1.92. The lowest BCUT2D eigenvalue weighted by atomic mass is 9.94. The molecule has 30 saturated heterocycles. The average molecular weight is 1630 g/mol. The van der Waals surface area contributed by atoms with E-state index in [4.69, 9.17) is 122 Å². The van der Waals surface area contributed by atoms with Crippen LogP contribution in [0.3, 0.4) is 0 Å². The summed E-state index contributed by atoms with van der Waals surface area (Å²) in [5.41, 5.74) is 46.8. The van der Waals surface area contributed by atoms with Crippen LogP contribution < -0.4 is 88.4 Å². The van der Waals surface area contributed by atoms with Crippen LogP contribution >= 0.6 is 0 Å². The number of aliphatic hydroxyl groups excluding tert-OH is 16. The molecule has 48 nitrogen and oxygen atoms in total. The van der Waals surface area contributed by atoms with E-state index in [1.807, 2.05) is 0 Å². The van der Waals surface area contributed by atoms with Gasteiger partial charge in [-0.2, -0.15) is 0 Å². The van der Waals surface area contributed by atoms with E-state index in [1.54, 1.807) is 0 Å². The van der Waals surface area contributed by atoms with Crippen molar-refractivity contribution in [1.29, 1.82) is 0 Å². The molecule has 30 heterocycles. The van der Waals surface area contributed by atoms with Crippen LogP contribution in [0.1, 0.15) is 0 Å². The van der Waals surface area contributed by atoms with Gasteiger partial charge < -0.3 is 246 Å². The molecule has 0 aromatic carbocycles. The van der Waals surface area contributed by atoms with Gasteiger partial charge in [0, 0.05) is 157 Å². The van der Waals surface area contributed by atoms with E-state index in [0.717, 1.165) is 0 Å². The summed E-state index contributed by atoms with van der Waals surface area (Å²) in [5, 5.41) is 218. The van der Waals surface area contributed by atoms with Gasteiger partial charge >= 0.3 is 0 Å². The van der Waals surface area contributed by atoms with E-state index in [2.05, 4.69) is 42.5 Å². The predicted octanol–water partition coefficient (Wildman–Crippen LogP) is -21.0. The predicted molar refractivity (Wildman–Crippen MR) is 380 cm³/mol. The number of nitrogens with two attached hydrogens (primary N) is 8. The molecule has 30 aliphatic rings.